The predicted octanol–water partition coefficient (Wildman–Crippen LogP) is 5.80. The number of pyridine rings is 2. The number of aryl methyl sites for hydroxylation is 1. The van der Waals surface area contributed by atoms with Crippen LogP contribution in [-0.2, 0) is 10.2 Å². The molecule has 2 aromatic heterocycles. The Morgan fingerprint density at radius 2 is 1.80 bits per heavy atom. The number of fused-ring (bicyclic) bond motifs is 1. The highest BCUT2D eigenvalue weighted by Crippen LogP contribution is 2.49. The van der Waals surface area contributed by atoms with Crippen molar-refractivity contribution in [1.82, 2.24) is 9.97 Å². The molecule has 0 aliphatic carbocycles. The van der Waals surface area contributed by atoms with E-state index < -0.39 is 5.41 Å². The van der Waals surface area contributed by atoms with Gasteiger partial charge in [-0.05, 0) is 80.4 Å². The van der Waals surface area contributed by atoms with Gasteiger partial charge in [-0.1, -0.05) is 12.1 Å². The second-order valence-electron chi connectivity index (χ2n) is 8.99. The second-order valence-corrected chi connectivity index (χ2v) is 8.99. The molecule has 0 fully saturated rings. The van der Waals surface area contributed by atoms with Gasteiger partial charge in [-0.15, -0.1) is 0 Å². The molecule has 0 spiro atoms. The number of nitrogens with zero attached hydrogens (tertiary/aromatic N) is 3. The van der Waals surface area contributed by atoms with E-state index in [2.05, 4.69) is 15.3 Å². The molecule has 6 nitrogen and oxygen atoms in total. The fraction of sp³-hybridized carbons (Fsp3) is 0.143. The van der Waals surface area contributed by atoms with Gasteiger partial charge in [-0.3, -0.25) is 24.5 Å². The van der Waals surface area contributed by atoms with Gasteiger partial charge in [-0.25, -0.2) is 4.39 Å². The monoisotopic (exact) mass is 466 g/mol. The van der Waals surface area contributed by atoms with Crippen LogP contribution in [0.2, 0.25) is 0 Å². The maximum absolute atomic E-state index is 13.5. The van der Waals surface area contributed by atoms with Crippen LogP contribution in [0, 0.1) is 12.7 Å². The van der Waals surface area contributed by atoms with E-state index in [-0.39, 0.29) is 17.6 Å². The van der Waals surface area contributed by atoms with Crippen molar-refractivity contribution in [2.24, 2.45) is 0 Å². The van der Waals surface area contributed by atoms with E-state index >= 15 is 0 Å². The summed E-state index contributed by atoms with van der Waals surface area (Å²) in [5.74, 6) is -0.774. The normalized spacial score (nSPS) is 14.1. The van der Waals surface area contributed by atoms with E-state index in [1.807, 2.05) is 38.1 Å². The van der Waals surface area contributed by atoms with Gasteiger partial charge in [0.25, 0.3) is 5.91 Å². The van der Waals surface area contributed by atoms with Crippen LogP contribution in [0.15, 0.2) is 79.3 Å². The van der Waals surface area contributed by atoms with Crippen molar-refractivity contribution in [3.63, 3.8) is 0 Å². The lowest BCUT2D eigenvalue weighted by molar-refractivity contribution is -0.121. The van der Waals surface area contributed by atoms with Crippen molar-refractivity contribution in [1.29, 1.82) is 0 Å². The molecule has 174 valence electrons. The second kappa shape index (κ2) is 8.43. The lowest BCUT2D eigenvalue weighted by Crippen LogP contribution is -2.33. The van der Waals surface area contributed by atoms with Crippen molar-refractivity contribution in [2.75, 3.05) is 10.2 Å². The molecule has 0 bridgehead atoms. The largest absolute Gasteiger partial charge is 0.322 e. The quantitative estimate of drug-likeness (QED) is 0.413. The Labute approximate surface area is 202 Å². The first-order valence-electron chi connectivity index (χ1n) is 11.2. The van der Waals surface area contributed by atoms with E-state index in [4.69, 9.17) is 0 Å². The molecule has 0 atom stereocenters. The molecule has 1 aliphatic rings. The van der Waals surface area contributed by atoms with Crippen LogP contribution in [0.25, 0.3) is 11.1 Å². The number of anilines is 3. The number of nitrogens with one attached hydrogen (secondary N) is 1. The Morgan fingerprint density at radius 3 is 2.51 bits per heavy atom. The van der Waals surface area contributed by atoms with Crippen molar-refractivity contribution in [3.05, 3.63) is 102 Å². The van der Waals surface area contributed by atoms with Gasteiger partial charge < -0.3 is 5.32 Å². The maximum atomic E-state index is 13.5. The molecule has 2 aromatic carbocycles. The average Bonchev–Trinajstić information content (AvgIpc) is 3.06. The number of carbonyl (C=O) groups excluding carboxylic acids is 2. The highest BCUT2D eigenvalue weighted by Gasteiger charge is 2.46. The van der Waals surface area contributed by atoms with Crippen LogP contribution in [0.4, 0.5) is 21.5 Å². The summed E-state index contributed by atoms with van der Waals surface area (Å²) < 4.78 is 13.2. The third kappa shape index (κ3) is 3.85. The zero-order valence-electron chi connectivity index (χ0n) is 19.5. The number of benzene rings is 2. The van der Waals surface area contributed by atoms with E-state index in [9.17, 15) is 14.0 Å². The van der Waals surface area contributed by atoms with Crippen LogP contribution < -0.4 is 10.2 Å². The summed E-state index contributed by atoms with van der Waals surface area (Å²) in [7, 11) is 0. The molecular weight excluding hydrogens is 443 g/mol. The molecule has 2 amide bonds. The van der Waals surface area contributed by atoms with Gasteiger partial charge in [0.05, 0.1) is 34.2 Å². The van der Waals surface area contributed by atoms with Crippen LogP contribution in [0.5, 0.6) is 0 Å². The molecule has 3 heterocycles. The summed E-state index contributed by atoms with van der Waals surface area (Å²) in [5, 5.41) is 2.79. The Balaban J connectivity index is 1.58. The fourth-order valence-electron chi connectivity index (χ4n) is 4.50. The Morgan fingerprint density at radius 1 is 1.03 bits per heavy atom. The van der Waals surface area contributed by atoms with Gasteiger partial charge in [0.15, 0.2) is 0 Å². The average molecular weight is 467 g/mol. The molecular formula is C28H23FN4O2. The zero-order chi connectivity index (χ0) is 24.7. The predicted molar refractivity (Wildman–Crippen MR) is 133 cm³/mol. The number of aromatic nitrogens is 2. The third-order valence-corrected chi connectivity index (χ3v) is 6.29. The van der Waals surface area contributed by atoms with Gasteiger partial charge >= 0.3 is 0 Å². The smallest absolute Gasteiger partial charge is 0.257 e. The van der Waals surface area contributed by atoms with Gasteiger partial charge in [0.2, 0.25) is 5.91 Å². The fourth-order valence-corrected chi connectivity index (χ4v) is 4.50. The van der Waals surface area contributed by atoms with E-state index in [1.165, 1.54) is 24.3 Å². The standard InChI is InChI=1S/C28H23FN4O2/c1-17-23(26(34)32-20-11-9-19(29)10-12-20)14-18(15-31-17)22-7-4-8-24-25(22)28(2,3)27(35)33(24)21-6-5-13-30-16-21/h4-16H,1-3H3,(H,32,34). The molecule has 1 aliphatic heterocycles. The number of rotatable bonds is 4. The molecule has 0 saturated heterocycles. The Bertz CT molecular complexity index is 1450. The number of amides is 2. The Kier molecular flexibility index (Phi) is 5.40. The summed E-state index contributed by atoms with van der Waals surface area (Å²) in [6.45, 7) is 5.56. The molecule has 35 heavy (non-hydrogen) atoms. The minimum absolute atomic E-state index is 0.0534. The first kappa shape index (κ1) is 22.4. The minimum atomic E-state index is -0.802. The van der Waals surface area contributed by atoms with Crippen LogP contribution in [-0.4, -0.2) is 21.8 Å². The van der Waals surface area contributed by atoms with E-state index in [0.717, 1.165) is 22.4 Å². The number of halogens is 1. The first-order valence-corrected chi connectivity index (χ1v) is 11.2. The summed E-state index contributed by atoms with van der Waals surface area (Å²) in [6, 6.07) is 16.8. The van der Waals surface area contributed by atoms with E-state index in [0.29, 0.717) is 22.6 Å². The van der Waals surface area contributed by atoms with Gasteiger partial charge in [-0.2, -0.15) is 0 Å². The number of carbonyl (C=O) groups is 2. The third-order valence-electron chi connectivity index (χ3n) is 6.29. The van der Waals surface area contributed by atoms with E-state index in [1.54, 1.807) is 42.5 Å². The van der Waals surface area contributed by atoms with Crippen LogP contribution in [0.1, 0.15) is 35.5 Å². The molecule has 4 aromatic rings. The molecule has 7 heteroatoms. The maximum Gasteiger partial charge on any atom is 0.257 e. The number of hydrogen-bond donors (Lipinski definition) is 1. The topological polar surface area (TPSA) is 75.2 Å². The molecule has 0 radical (unpaired) electrons. The van der Waals surface area contributed by atoms with Crippen LogP contribution in [0.3, 0.4) is 0 Å². The van der Waals surface area contributed by atoms with Gasteiger partial charge in [0.1, 0.15) is 5.82 Å². The van der Waals surface area contributed by atoms with Gasteiger partial charge in [0, 0.05) is 23.6 Å². The molecule has 5 rings (SSSR count). The zero-order valence-corrected chi connectivity index (χ0v) is 19.5. The lowest BCUT2D eigenvalue weighted by Gasteiger charge is -2.20. The summed E-state index contributed by atoms with van der Waals surface area (Å²) >= 11 is 0. The summed E-state index contributed by atoms with van der Waals surface area (Å²) in [6.07, 6.45) is 5.05. The van der Waals surface area contributed by atoms with Crippen molar-refractivity contribution in [3.8, 4) is 11.1 Å². The lowest BCUT2D eigenvalue weighted by atomic mass is 9.81. The minimum Gasteiger partial charge on any atom is -0.322 e. The first-order chi connectivity index (χ1) is 16.8. The summed E-state index contributed by atoms with van der Waals surface area (Å²) in [4.78, 5) is 36.9. The molecule has 0 saturated carbocycles. The Hall–Kier alpha value is -4.39. The molecule has 0 unspecified atom stereocenters. The SMILES string of the molecule is Cc1ncc(-c2cccc3c2C(C)(C)C(=O)N3c2cccnc2)cc1C(=O)Nc1ccc(F)cc1. The molecule has 1 N–H and O–H groups in total. The highest BCUT2D eigenvalue weighted by molar-refractivity contribution is 6.14. The van der Waals surface area contributed by atoms with Crippen molar-refractivity contribution < 1.29 is 14.0 Å². The van der Waals surface area contributed by atoms with Crippen molar-refractivity contribution in [2.45, 2.75) is 26.2 Å². The summed E-state index contributed by atoms with van der Waals surface area (Å²) in [5.41, 5.74) is 4.55. The number of hydrogen-bond acceptors (Lipinski definition) is 4. The van der Waals surface area contributed by atoms with Crippen molar-refractivity contribution >= 4 is 28.9 Å². The highest BCUT2D eigenvalue weighted by atomic mass is 19.1. The van der Waals surface area contributed by atoms with Crippen LogP contribution >= 0.6 is 0 Å².